The molecule has 2 nitrogen and oxygen atoms in total. The first kappa shape index (κ1) is 12.7. The van der Waals surface area contributed by atoms with Crippen LogP contribution in [-0.2, 0) is 6.54 Å². The summed E-state index contributed by atoms with van der Waals surface area (Å²) in [5.74, 6) is -0.306. The molecule has 0 saturated heterocycles. The highest BCUT2D eigenvalue weighted by Gasteiger charge is 2.20. The van der Waals surface area contributed by atoms with Gasteiger partial charge in [0.2, 0.25) is 0 Å². The van der Waals surface area contributed by atoms with E-state index >= 15 is 0 Å². The molecule has 1 aromatic heterocycles. The van der Waals surface area contributed by atoms with E-state index in [1.807, 2.05) is 5.38 Å². The zero-order valence-corrected chi connectivity index (χ0v) is 11.1. The molecule has 0 spiro atoms. The second kappa shape index (κ2) is 5.35. The van der Waals surface area contributed by atoms with Gasteiger partial charge in [-0.15, -0.1) is 11.3 Å². The lowest BCUT2D eigenvalue weighted by atomic mass is 10.1. The number of nitrogens with one attached hydrogen (secondary N) is 1. The van der Waals surface area contributed by atoms with Crippen LogP contribution in [0.3, 0.4) is 0 Å². The van der Waals surface area contributed by atoms with Crippen LogP contribution >= 0.6 is 11.3 Å². The Labute approximate surface area is 114 Å². The van der Waals surface area contributed by atoms with Crippen LogP contribution in [0.5, 0.6) is 0 Å². The lowest BCUT2D eigenvalue weighted by Crippen LogP contribution is -2.15. The molecule has 0 bridgehead atoms. The smallest absolute Gasteiger partial charge is 0.135 e. The first-order valence-electron chi connectivity index (χ1n) is 6.33. The Bertz CT molecular complexity index is 579. The number of hydrogen-bond donors (Lipinski definition) is 1. The van der Waals surface area contributed by atoms with Gasteiger partial charge in [0.25, 0.3) is 0 Å². The molecule has 3 rings (SSSR count). The van der Waals surface area contributed by atoms with E-state index in [1.165, 1.54) is 36.3 Å². The van der Waals surface area contributed by atoms with Gasteiger partial charge in [0.05, 0.1) is 5.69 Å². The van der Waals surface area contributed by atoms with Crippen molar-refractivity contribution in [3.05, 3.63) is 40.2 Å². The van der Waals surface area contributed by atoms with Crippen LogP contribution in [0.25, 0.3) is 11.3 Å². The highest BCUT2D eigenvalue weighted by atomic mass is 32.1. The average molecular weight is 280 g/mol. The SMILES string of the molecule is Fc1ccc(-c2csc(CNCC3CC3)n2)c(F)c1. The first-order valence-corrected chi connectivity index (χ1v) is 7.21. The van der Waals surface area contributed by atoms with Crippen molar-refractivity contribution >= 4 is 11.3 Å². The van der Waals surface area contributed by atoms with E-state index in [2.05, 4.69) is 10.3 Å². The van der Waals surface area contributed by atoms with Gasteiger partial charge in [0.1, 0.15) is 16.6 Å². The van der Waals surface area contributed by atoms with Crippen LogP contribution < -0.4 is 5.32 Å². The average Bonchev–Trinajstić information content (AvgIpc) is 3.07. The number of aromatic nitrogens is 1. The van der Waals surface area contributed by atoms with Gasteiger partial charge >= 0.3 is 0 Å². The predicted molar refractivity (Wildman–Crippen MR) is 71.9 cm³/mol. The molecule has 1 saturated carbocycles. The van der Waals surface area contributed by atoms with Crippen LogP contribution in [0.2, 0.25) is 0 Å². The van der Waals surface area contributed by atoms with Gasteiger partial charge in [-0.3, -0.25) is 0 Å². The Hall–Kier alpha value is -1.33. The Morgan fingerprint density at radius 3 is 2.89 bits per heavy atom. The fourth-order valence-electron chi connectivity index (χ4n) is 1.92. The standard InChI is InChI=1S/C14H14F2N2S/c15-10-3-4-11(12(16)5-10)13-8-19-14(18-13)7-17-6-9-1-2-9/h3-5,8-9,17H,1-2,6-7H2. The molecule has 0 atom stereocenters. The summed E-state index contributed by atoms with van der Waals surface area (Å²) in [5.41, 5.74) is 0.928. The third kappa shape index (κ3) is 3.16. The van der Waals surface area contributed by atoms with Crippen LogP contribution in [0, 0.1) is 17.6 Å². The van der Waals surface area contributed by atoms with E-state index in [0.29, 0.717) is 17.8 Å². The normalized spacial score (nSPS) is 14.8. The van der Waals surface area contributed by atoms with Crippen LogP contribution in [-0.4, -0.2) is 11.5 Å². The summed E-state index contributed by atoms with van der Waals surface area (Å²) in [6.45, 7) is 1.74. The molecule has 0 unspecified atom stereocenters. The summed E-state index contributed by atoms with van der Waals surface area (Å²) < 4.78 is 26.5. The van der Waals surface area contributed by atoms with Gasteiger partial charge in [-0.1, -0.05) is 0 Å². The van der Waals surface area contributed by atoms with Crippen molar-refractivity contribution in [2.75, 3.05) is 6.54 Å². The summed E-state index contributed by atoms with van der Waals surface area (Å²) in [6.07, 6.45) is 2.63. The van der Waals surface area contributed by atoms with Gasteiger partial charge in [0, 0.05) is 23.6 Å². The van der Waals surface area contributed by atoms with Crippen molar-refractivity contribution in [1.29, 1.82) is 0 Å². The Morgan fingerprint density at radius 2 is 2.16 bits per heavy atom. The molecule has 100 valence electrons. The van der Waals surface area contributed by atoms with Crippen molar-refractivity contribution in [2.45, 2.75) is 19.4 Å². The lowest BCUT2D eigenvalue weighted by molar-refractivity contribution is 0.585. The molecule has 1 aromatic carbocycles. The predicted octanol–water partition coefficient (Wildman–Crippen LogP) is 3.59. The summed E-state index contributed by atoms with van der Waals surface area (Å²) in [4.78, 5) is 4.38. The molecule has 0 aliphatic heterocycles. The quantitative estimate of drug-likeness (QED) is 0.905. The summed E-state index contributed by atoms with van der Waals surface area (Å²) in [7, 11) is 0. The molecule has 0 amide bonds. The van der Waals surface area contributed by atoms with Crippen molar-refractivity contribution in [2.24, 2.45) is 5.92 Å². The van der Waals surface area contributed by atoms with Crippen LogP contribution in [0.4, 0.5) is 8.78 Å². The minimum atomic E-state index is -0.567. The summed E-state index contributed by atoms with van der Waals surface area (Å²) >= 11 is 1.50. The molecule has 1 heterocycles. The largest absolute Gasteiger partial charge is 0.310 e. The lowest BCUT2D eigenvalue weighted by Gasteiger charge is -2.00. The van der Waals surface area contributed by atoms with E-state index in [1.54, 1.807) is 0 Å². The van der Waals surface area contributed by atoms with Crippen molar-refractivity contribution in [3.8, 4) is 11.3 Å². The van der Waals surface area contributed by atoms with Crippen molar-refractivity contribution in [3.63, 3.8) is 0 Å². The zero-order chi connectivity index (χ0) is 13.2. The second-order valence-electron chi connectivity index (χ2n) is 4.82. The highest BCUT2D eigenvalue weighted by molar-refractivity contribution is 7.09. The Balaban J connectivity index is 1.68. The third-order valence-electron chi connectivity index (χ3n) is 3.16. The topological polar surface area (TPSA) is 24.9 Å². The van der Waals surface area contributed by atoms with E-state index in [9.17, 15) is 8.78 Å². The number of rotatable bonds is 5. The second-order valence-corrected chi connectivity index (χ2v) is 5.77. The van der Waals surface area contributed by atoms with Crippen molar-refractivity contribution < 1.29 is 8.78 Å². The number of nitrogens with zero attached hydrogens (tertiary/aromatic N) is 1. The number of benzene rings is 1. The number of thiazole rings is 1. The molecule has 2 aromatic rings. The van der Waals surface area contributed by atoms with Gasteiger partial charge in [-0.25, -0.2) is 13.8 Å². The number of hydrogen-bond acceptors (Lipinski definition) is 3. The molecule has 1 aliphatic rings. The van der Waals surface area contributed by atoms with Crippen LogP contribution in [0.15, 0.2) is 23.6 Å². The van der Waals surface area contributed by atoms with E-state index in [4.69, 9.17) is 0 Å². The third-order valence-corrected chi connectivity index (χ3v) is 4.01. The van der Waals surface area contributed by atoms with Crippen LogP contribution in [0.1, 0.15) is 17.8 Å². The molecule has 1 aliphatic carbocycles. The minimum absolute atomic E-state index is 0.353. The number of halogens is 2. The minimum Gasteiger partial charge on any atom is -0.310 e. The Kier molecular flexibility index (Phi) is 3.57. The zero-order valence-electron chi connectivity index (χ0n) is 10.3. The maximum absolute atomic E-state index is 13.6. The summed E-state index contributed by atoms with van der Waals surface area (Å²) in [5, 5.41) is 6.09. The van der Waals surface area contributed by atoms with Crippen molar-refractivity contribution in [1.82, 2.24) is 10.3 Å². The van der Waals surface area contributed by atoms with Gasteiger partial charge in [-0.2, -0.15) is 0 Å². The molecule has 1 N–H and O–H groups in total. The fourth-order valence-corrected chi connectivity index (χ4v) is 2.68. The molecule has 5 heteroatoms. The highest BCUT2D eigenvalue weighted by Crippen LogP contribution is 2.28. The van der Waals surface area contributed by atoms with E-state index < -0.39 is 11.6 Å². The molecular formula is C14H14F2N2S. The molecular weight excluding hydrogens is 266 g/mol. The van der Waals surface area contributed by atoms with Gasteiger partial charge < -0.3 is 5.32 Å². The monoisotopic (exact) mass is 280 g/mol. The van der Waals surface area contributed by atoms with E-state index in [-0.39, 0.29) is 0 Å². The Morgan fingerprint density at radius 1 is 1.32 bits per heavy atom. The van der Waals surface area contributed by atoms with E-state index in [0.717, 1.165) is 23.5 Å². The first-order chi connectivity index (χ1) is 9.22. The van der Waals surface area contributed by atoms with Gasteiger partial charge in [0.15, 0.2) is 0 Å². The fraction of sp³-hybridized carbons (Fsp3) is 0.357. The maximum atomic E-state index is 13.6. The van der Waals surface area contributed by atoms with Gasteiger partial charge in [-0.05, 0) is 37.4 Å². The molecule has 1 fully saturated rings. The summed E-state index contributed by atoms with van der Waals surface area (Å²) in [6, 6.07) is 3.57. The molecule has 19 heavy (non-hydrogen) atoms. The maximum Gasteiger partial charge on any atom is 0.135 e. The molecule has 0 radical (unpaired) electrons.